The Labute approximate surface area is 773 Å². The topological polar surface area (TPSA) is 252 Å². The number of hydrogen-bond acceptors (Lipinski definition) is 16. The molecular weight excluding hydrogens is 1870 g/mol. The van der Waals surface area contributed by atoms with Crippen molar-refractivity contribution in [1.29, 1.82) is 1.43 Å². The maximum atomic E-state index is 9.79. The molecule has 0 aliphatic rings. The van der Waals surface area contributed by atoms with E-state index in [2.05, 4.69) is 178 Å². The van der Waals surface area contributed by atoms with Crippen LogP contribution in [0.5, 0.6) is 17.4 Å². The van der Waals surface area contributed by atoms with Gasteiger partial charge >= 0.3 is 144 Å². The van der Waals surface area contributed by atoms with Crippen molar-refractivity contribution in [2.45, 2.75) is 35.6 Å². The Morgan fingerprint density at radius 1 is 0.500 bits per heavy atom. The summed E-state index contributed by atoms with van der Waals surface area (Å²) in [6.45, 7) is 5.96. The van der Waals surface area contributed by atoms with E-state index in [0.29, 0.717) is 16.8 Å². The van der Waals surface area contributed by atoms with Gasteiger partial charge in [-0.3, -0.25) is 29.0 Å². The number of nitrogens with zero attached hydrogens (tertiary/aromatic N) is 15. The summed E-state index contributed by atoms with van der Waals surface area (Å²) in [6.07, 6.45) is 8.85. The molecule has 0 amide bonds. The fourth-order valence-corrected chi connectivity index (χ4v) is 13.1. The second-order valence-corrected chi connectivity index (χ2v) is 25.9. The van der Waals surface area contributed by atoms with Gasteiger partial charge in [-0.05, 0) is 221 Å². The predicted molar refractivity (Wildman–Crippen MR) is 434 cm³/mol. The van der Waals surface area contributed by atoms with Crippen LogP contribution in [0.1, 0.15) is 31.9 Å². The van der Waals surface area contributed by atoms with Crippen LogP contribution in [0.3, 0.4) is 0 Å². The van der Waals surface area contributed by atoms with Crippen molar-refractivity contribution in [3.05, 3.63) is 292 Å². The number of para-hydroxylation sites is 2. The zero-order chi connectivity index (χ0) is 73.1. The van der Waals surface area contributed by atoms with E-state index in [-0.39, 0.29) is 165 Å². The average Bonchev–Trinajstić information content (AvgIpc) is 1.75. The van der Waals surface area contributed by atoms with Gasteiger partial charge in [0.15, 0.2) is 0 Å². The molecule has 108 heavy (non-hydrogen) atoms. The number of fused-ring (bicyclic) bond motifs is 18. The Bertz CT molecular complexity index is 6330. The first-order valence-electron chi connectivity index (χ1n) is 32.1. The second-order valence-electron chi connectivity index (χ2n) is 22.8. The minimum atomic E-state index is 0. The number of H-pyrrole nitrogens is 1. The Kier molecular flexibility index (Phi) is 30.2. The monoisotopic (exact) mass is 1930 g/mol. The molecule has 0 fully saturated rings. The van der Waals surface area contributed by atoms with Gasteiger partial charge < -0.3 is 19.1 Å². The molecule has 0 saturated carbocycles. The normalized spacial score (nSPS) is 10.6. The van der Waals surface area contributed by atoms with Gasteiger partial charge in [0.25, 0.3) is 1.43 Å². The van der Waals surface area contributed by atoms with Crippen LogP contribution in [0, 0.1) is 31.5 Å². The molecule has 21 nitrogen and oxygen atoms in total. The number of ether oxygens (including phenoxy) is 1. The molecule has 19 rings (SSSR count). The number of hydrogen-bond donors (Lipinski definition) is 3. The molecule has 530 valence electrons. The summed E-state index contributed by atoms with van der Waals surface area (Å²) in [4.78, 5) is 48.1. The smallest absolute Gasteiger partial charge is 0.508 e. The van der Waals surface area contributed by atoms with Gasteiger partial charge in [0.05, 0.1) is 81.3 Å². The van der Waals surface area contributed by atoms with Crippen LogP contribution in [0.2, 0.25) is 5.15 Å². The average molecular weight is 1940 g/mol. The maximum absolute atomic E-state index is 9.79. The molecule has 15 heterocycles. The van der Waals surface area contributed by atoms with Crippen LogP contribution >= 0.6 is 66.1 Å². The van der Waals surface area contributed by atoms with Gasteiger partial charge in [-0.15, -0.1) is 0 Å². The summed E-state index contributed by atoms with van der Waals surface area (Å²) in [7, 11) is 1.75. The third kappa shape index (κ3) is 18.7. The van der Waals surface area contributed by atoms with E-state index in [1.807, 2.05) is 194 Å². The van der Waals surface area contributed by atoms with Gasteiger partial charge in [-0.25, -0.2) is 44.2 Å². The minimum absolute atomic E-state index is 0. The molecule has 0 unspecified atom stereocenters. The van der Waals surface area contributed by atoms with Crippen molar-refractivity contribution in [2.75, 3.05) is 0 Å². The molecule has 3 N–H and O–H groups in total. The van der Waals surface area contributed by atoms with Crippen LogP contribution in [-0.4, -0.2) is 95.3 Å². The standard InChI is InChI=1S/C31H20N6O.C17H12N2O.C14H9BrN4.C9H8BrN3.C5H3ClIN.CH2F.CH2O3.2CH4.2Cs/c1-19-17-27-31-23(30-25(37(27)35-19)9-6-16-33-30)13-14-29(34-31)38-20-11-12-22-21-7-2-3-8-24(21)36(26(22)18-20)28-10-4-5-15-32-28;20-12-8-9-14-13-5-1-2-6-15(13)19(16(14)11-12)17-7-3-4-10-18-17;1-8-7-11-14-9(4-5-12(15)17-14)13-10(19(11)18-8)3-2-6-16-13;1-6-5-8(13-12-6)7-3-2-4-9(10)11-7;6-5-4(7)2-1-3-8-5;1-2;2-1-4-3;;;;/h2-18H,1H3;1-11,20H;2-7H,1H3;2-5H,1H3,(H,12,13);1-3H;1H2;1,3H;2*1H4;;/q;;;;;-1;;;;2*+1/i/hD. The molecule has 0 bridgehead atoms. The largest absolute Gasteiger partial charge is 1.00 e. The molecule has 0 atom stereocenters. The number of phenolic OH excluding ortho intramolecular Hbond substituents is 1. The fourth-order valence-electron chi connectivity index (χ4n) is 12.0. The Balaban J connectivity index is 0.000000165. The van der Waals surface area contributed by atoms with E-state index in [0.717, 1.165) is 146 Å². The quantitative estimate of drug-likeness (QED) is 0.0255. The van der Waals surface area contributed by atoms with E-state index in [4.69, 9.17) is 27.5 Å². The minimum Gasteiger partial charge on any atom is -0.508 e. The van der Waals surface area contributed by atoms with Crippen LogP contribution in [-0.2, 0) is 9.68 Å². The number of rotatable bonds is 7. The molecule has 19 aromatic rings. The van der Waals surface area contributed by atoms with Crippen LogP contribution < -0.4 is 143 Å². The van der Waals surface area contributed by atoms with E-state index in [1.54, 1.807) is 44.1 Å². The molecule has 0 spiro atoms. The number of carbonyl (C=O) groups excluding carboxylic acids is 1. The molecule has 28 heteroatoms. The van der Waals surface area contributed by atoms with E-state index >= 15 is 0 Å². The van der Waals surface area contributed by atoms with Crippen molar-refractivity contribution in [3.63, 3.8) is 0 Å². The first-order chi connectivity index (χ1) is 51.3. The zero-order valence-corrected chi connectivity index (χ0v) is 75.8. The number of halogens is 5. The Hall–Kier alpha value is -7.65. The number of pyridine rings is 10. The second kappa shape index (κ2) is 39.3. The number of benzene rings is 4. The SMILES string of the molecule is C.C.Cc1cc(-c2cccc(Br)n2)n[nH]1.Cc1cc2c3nc(Br)ccc3c3ncccc3n2n1.Cc1cc2c3nc(Oc4ccc5c6ccccc6n(-c6ccccn6)c5c4)ccc3c3ncccc3n2n1.Clc1ncccc1I.Oc1ccc2c3ccccc3n(-c3ccccn3)c2c1.[2H]OOC=O.[CH2-]F.[Cs+].[Cs+]. The van der Waals surface area contributed by atoms with E-state index < -0.39 is 0 Å². The fraction of sp³-hybridized carbons (Fsp3) is 0.0625. The van der Waals surface area contributed by atoms with Crippen LogP contribution in [0.4, 0.5) is 4.39 Å². The number of aromatic nitrogens is 16. The Morgan fingerprint density at radius 2 is 1.00 bits per heavy atom. The van der Waals surface area contributed by atoms with Gasteiger partial charge in [0.2, 0.25) is 5.88 Å². The summed E-state index contributed by atoms with van der Waals surface area (Å²) in [5, 5.41) is 36.3. The van der Waals surface area contributed by atoms with Crippen LogP contribution in [0.25, 0.3) is 123 Å². The molecule has 0 aliphatic heterocycles. The molecule has 0 radical (unpaired) electrons. The first kappa shape index (κ1) is 82.8. The number of phenols is 1. The molecule has 4 aromatic carbocycles. The summed E-state index contributed by atoms with van der Waals surface area (Å²) in [6, 6.07) is 71.4. The number of nitrogens with one attached hydrogen (secondary N) is 1. The zero-order valence-electron chi connectivity index (χ0n) is 58.1. The van der Waals surface area contributed by atoms with Crippen molar-refractivity contribution in [2.24, 2.45) is 0 Å². The van der Waals surface area contributed by atoms with Crippen molar-refractivity contribution >= 4 is 171 Å². The predicted octanol–water partition coefficient (Wildman–Crippen LogP) is 15.0. The van der Waals surface area contributed by atoms with Gasteiger partial charge in [-0.1, -0.05) is 81.1 Å². The van der Waals surface area contributed by atoms with Crippen molar-refractivity contribution < 1.29 is 167 Å². The third-order valence-electron chi connectivity index (χ3n) is 16.1. The van der Waals surface area contributed by atoms with Gasteiger partial charge in [0.1, 0.15) is 48.7 Å². The van der Waals surface area contributed by atoms with Gasteiger partial charge in [-0.2, -0.15) is 22.5 Å². The van der Waals surface area contributed by atoms with E-state index in [9.17, 15) is 9.50 Å². The van der Waals surface area contributed by atoms with Gasteiger partial charge in [0, 0.05) is 87.2 Å². The summed E-state index contributed by atoms with van der Waals surface area (Å²) in [5.41, 5.74) is 16.2. The van der Waals surface area contributed by atoms with E-state index in [1.165, 1.54) is 5.39 Å². The Morgan fingerprint density at radius 3 is 1.52 bits per heavy atom. The first-order valence-corrected chi connectivity index (χ1v) is 34.7. The third-order valence-corrected chi connectivity index (χ3v) is 18.5. The number of aromatic amines is 1. The summed E-state index contributed by atoms with van der Waals surface area (Å²) < 4.78 is 32.0. The molecule has 15 aromatic heterocycles. The number of aromatic hydroxyl groups is 1. The van der Waals surface area contributed by atoms with Crippen molar-refractivity contribution in [3.8, 4) is 40.4 Å². The number of aryl methyl sites for hydroxylation is 3. The molecular formula is C80H64Br2ClCs2FIN16O5+. The summed E-state index contributed by atoms with van der Waals surface area (Å²) in [5.74, 6) is 3.18. The molecule has 0 saturated heterocycles. The van der Waals surface area contributed by atoms with Crippen molar-refractivity contribution in [1.82, 2.24) is 78.4 Å². The summed E-state index contributed by atoms with van der Waals surface area (Å²) >= 11 is 14.5. The molecule has 0 aliphatic carbocycles. The van der Waals surface area contributed by atoms with Crippen LogP contribution in [0.15, 0.2) is 259 Å². The maximum Gasteiger partial charge on any atom is 1.00 e. The number of carbonyl (C=O) groups is 1.